The zero-order chi connectivity index (χ0) is 17.8. The lowest BCUT2D eigenvalue weighted by molar-refractivity contribution is -0.139. The fourth-order valence-corrected chi connectivity index (χ4v) is 2.33. The summed E-state index contributed by atoms with van der Waals surface area (Å²) in [4.78, 5) is 20.9. The van der Waals surface area contributed by atoms with Crippen molar-refractivity contribution in [2.45, 2.75) is 38.5 Å². The number of hydrogen-bond donors (Lipinski definition) is 2. The lowest BCUT2D eigenvalue weighted by atomic mass is 9.97. The Hall–Kier alpha value is -2.62. The average molecular weight is 328 g/mol. The molecule has 4 heteroatoms. The zero-order valence-electron chi connectivity index (χ0n) is 13.9. The normalized spacial score (nSPS) is 11.0. The van der Waals surface area contributed by atoms with Gasteiger partial charge < -0.3 is 10.2 Å². The van der Waals surface area contributed by atoms with Crippen LogP contribution in [0.4, 0.5) is 0 Å². The lowest BCUT2D eigenvalue weighted by Crippen LogP contribution is -2.09. The first kappa shape index (κ1) is 19.4. The van der Waals surface area contributed by atoms with Crippen molar-refractivity contribution in [3.05, 3.63) is 71.8 Å². The molecule has 0 amide bonds. The van der Waals surface area contributed by atoms with Crippen LogP contribution >= 0.6 is 0 Å². The van der Waals surface area contributed by atoms with Crippen LogP contribution in [-0.2, 0) is 16.0 Å². The molecule has 0 aliphatic carbocycles. The Labute approximate surface area is 142 Å². The van der Waals surface area contributed by atoms with Crippen molar-refractivity contribution in [2.75, 3.05) is 0 Å². The van der Waals surface area contributed by atoms with Gasteiger partial charge in [0, 0.05) is 6.42 Å². The molecule has 0 radical (unpaired) electrons. The summed E-state index contributed by atoms with van der Waals surface area (Å²) in [7, 11) is 0. The van der Waals surface area contributed by atoms with E-state index in [0.717, 1.165) is 18.4 Å². The molecule has 0 aromatic heterocycles. The number of aliphatic carboxylic acids is 2. The number of carboxylic acids is 2. The molecule has 2 rings (SSSR count). The molecule has 0 saturated heterocycles. The maximum Gasteiger partial charge on any atom is 0.310 e. The Balaban J connectivity index is 0.000000240. The van der Waals surface area contributed by atoms with Gasteiger partial charge in [0.25, 0.3) is 0 Å². The summed E-state index contributed by atoms with van der Waals surface area (Å²) < 4.78 is 0. The molecule has 2 aromatic rings. The van der Waals surface area contributed by atoms with Crippen molar-refractivity contribution in [2.24, 2.45) is 0 Å². The summed E-state index contributed by atoms with van der Waals surface area (Å²) in [6.07, 6.45) is 2.47. The van der Waals surface area contributed by atoms with Gasteiger partial charge >= 0.3 is 11.9 Å². The monoisotopic (exact) mass is 328 g/mol. The molecule has 24 heavy (non-hydrogen) atoms. The zero-order valence-corrected chi connectivity index (χ0v) is 13.9. The number of rotatable bonds is 7. The van der Waals surface area contributed by atoms with Gasteiger partial charge in [0.15, 0.2) is 0 Å². The molecule has 128 valence electrons. The van der Waals surface area contributed by atoms with Crippen LogP contribution in [0, 0.1) is 0 Å². The summed E-state index contributed by atoms with van der Waals surface area (Å²) in [6.45, 7) is 1.88. The summed E-state index contributed by atoms with van der Waals surface area (Å²) >= 11 is 0. The van der Waals surface area contributed by atoms with Crippen LogP contribution in [0.2, 0.25) is 0 Å². The highest BCUT2D eigenvalue weighted by atomic mass is 16.4. The minimum Gasteiger partial charge on any atom is -0.481 e. The summed E-state index contributed by atoms with van der Waals surface area (Å²) in [5.74, 6) is -1.82. The molecule has 0 spiro atoms. The minimum absolute atomic E-state index is 0.259. The van der Waals surface area contributed by atoms with Gasteiger partial charge in [-0.25, -0.2) is 0 Å². The highest BCUT2D eigenvalue weighted by Crippen LogP contribution is 2.18. The molecule has 1 atom stereocenters. The Morgan fingerprint density at radius 2 is 1.46 bits per heavy atom. The number of benzene rings is 2. The first-order valence-corrected chi connectivity index (χ1v) is 8.08. The largest absolute Gasteiger partial charge is 0.481 e. The van der Waals surface area contributed by atoms with Gasteiger partial charge in [-0.3, -0.25) is 9.59 Å². The smallest absolute Gasteiger partial charge is 0.310 e. The predicted molar refractivity (Wildman–Crippen MR) is 94.1 cm³/mol. The van der Waals surface area contributed by atoms with Gasteiger partial charge in [-0.2, -0.15) is 0 Å². The van der Waals surface area contributed by atoms with Crippen LogP contribution < -0.4 is 0 Å². The highest BCUT2D eigenvalue weighted by molar-refractivity contribution is 5.75. The van der Waals surface area contributed by atoms with E-state index in [1.165, 1.54) is 5.56 Å². The van der Waals surface area contributed by atoms with Gasteiger partial charge in [-0.15, -0.1) is 0 Å². The molecule has 0 heterocycles. The minimum atomic E-state index is -0.747. The first-order chi connectivity index (χ1) is 11.5. The van der Waals surface area contributed by atoms with E-state index in [2.05, 4.69) is 0 Å². The van der Waals surface area contributed by atoms with Gasteiger partial charge in [0.05, 0.1) is 5.92 Å². The maximum atomic E-state index is 10.7. The van der Waals surface area contributed by atoms with Crippen LogP contribution in [0.3, 0.4) is 0 Å². The third-order valence-electron chi connectivity index (χ3n) is 3.61. The van der Waals surface area contributed by atoms with E-state index in [1.54, 1.807) is 0 Å². The fraction of sp³-hybridized carbons (Fsp3) is 0.300. The van der Waals surface area contributed by atoms with Crippen LogP contribution in [0.5, 0.6) is 0 Å². The highest BCUT2D eigenvalue weighted by Gasteiger charge is 2.16. The second-order valence-electron chi connectivity index (χ2n) is 5.44. The van der Waals surface area contributed by atoms with E-state index in [9.17, 15) is 9.59 Å². The molecule has 4 nitrogen and oxygen atoms in total. The SMILES string of the molecule is CCC(C(=O)O)c1ccccc1.O=C(O)CCCc1ccccc1. The first-order valence-electron chi connectivity index (χ1n) is 8.08. The standard InChI is InChI=1S/2C10H12O2/c1-2-9(10(11)12)8-6-4-3-5-7-8;11-10(12)8-4-7-9-5-2-1-3-6-9/h3-7,9H,2H2,1H3,(H,11,12);1-3,5-6H,4,7-8H2,(H,11,12). The van der Waals surface area contributed by atoms with Crippen molar-refractivity contribution in [1.82, 2.24) is 0 Å². The summed E-state index contributed by atoms with van der Waals surface area (Å²) in [6, 6.07) is 19.2. The second-order valence-corrected chi connectivity index (χ2v) is 5.44. The number of carboxylic acid groups (broad SMARTS) is 2. The number of carbonyl (C=O) groups is 2. The molecular formula is C20H24O4. The van der Waals surface area contributed by atoms with Crippen LogP contribution in [0.15, 0.2) is 60.7 Å². The van der Waals surface area contributed by atoms with Crippen LogP contribution in [-0.4, -0.2) is 22.2 Å². The Bertz CT molecular complexity index is 608. The van der Waals surface area contributed by atoms with E-state index in [4.69, 9.17) is 10.2 Å². The third-order valence-corrected chi connectivity index (χ3v) is 3.61. The molecule has 0 aliphatic heterocycles. The lowest BCUT2D eigenvalue weighted by Gasteiger charge is -2.08. The molecule has 0 bridgehead atoms. The summed E-state index contributed by atoms with van der Waals surface area (Å²) in [5, 5.41) is 17.2. The van der Waals surface area contributed by atoms with Crippen LogP contribution in [0.1, 0.15) is 43.2 Å². The summed E-state index contributed by atoms with van der Waals surface area (Å²) in [5.41, 5.74) is 2.09. The Morgan fingerprint density at radius 1 is 0.917 bits per heavy atom. The van der Waals surface area contributed by atoms with Crippen molar-refractivity contribution in [3.8, 4) is 0 Å². The van der Waals surface area contributed by atoms with Crippen molar-refractivity contribution in [3.63, 3.8) is 0 Å². The van der Waals surface area contributed by atoms with Gasteiger partial charge in [-0.1, -0.05) is 67.6 Å². The van der Waals surface area contributed by atoms with E-state index in [1.807, 2.05) is 67.6 Å². The van der Waals surface area contributed by atoms with Gasteiger partial charge in [-0.05, 0) is 30.4 Å². The van der Waals surface area contributed by atoms with Gasteiger partial charge in [0.1, 0.15) is 0 Å². The van der Waals surface area contributed by atoms with E-state index < -0.39 is 11.9 Å². The number of hydrogen-bond acceptors (Lipinski definition) is 2. The predicted octanol–water partition coefficient (Wildman–Crippen LogP) is 4.36. The van der Waals surface area contributed by atoms with E-state index in [0.29, 0.717) is 6.42 Å². The second kappa shape index (κ2) is 11.0. The molecule has 2 N–H and O–H groups in total. The van der Waals surface area contributed by atoms with Crippen LogP contribution in [0.25, 0.3) is 0 Å². The number of aryl methyl sites for hydroxylation is 1. The molecular weight excluding hydrogens is 304 g/mol. The van der Waals surface area contributed by atoms with Crippen molar-refractivity contribution in [1.29, 1.82) is 0 Å². The average Bonchev–Trinajstić information content (AvgIpc) is 2.57. The van der Waals surface area contributed by atoms with E-state index in [-0.39, 0.29) is 12.3 Å². The fourth-order valence-electron chi connectivity index (χ4n) is 2.33. The maximum absolute atomic E-state index is 10.7. The third kappa shape index (κ3) is 7.58. The molecule has 0 fully saturated rings. The van der Waals surface area contributed by atoms with Gasteiger partial charge in [0.2, 0.25) is 0 Å². The molecule has 1 unspecified atom stereocenters. The van der Waals surface area contributed by atoms with E-state index >= 15 is 0 Å². The topological polar surface area (TPSA) is 74.6 Å². The molecule has 0 saturated carbocycles. The Morgan fingerprint density at radius 3 is 1.92 bits per heavy atom. The van der Waals surface area contributed by atoms with Crippen molar-refractivity contribution >= 4 is 11.9 Å². The van der Waals surface area contributed by atoms with Crippen molar-refractivity contribution < 1.29 is 19.8 Å². The molecule has 2 aromatic carbocycles. The quantitative estimate of drug-likeness (QED) is 0.792. The Kier molecular flexibility index (Phi) is 8.90. The molecule has 0 aliphatic rings.